The Morgan fingerprint density at radius 3 is 2.45 bits per heavy atom. The largest absolute Gasteiger partial charge is 0.473 e. The average Bonchev–Trinajstić information content (AvgIpc) is 2.57. The Morgan fingerprint density at radius 2 is 1.64 bits per heavy atom. The number of benzene rings is 3. The van der Waals surface area contributed by atoms with Crippen molar-refractivity contribution in [3.05, 3.63) is 77.9 Å². The molecule has 0 radical (unpaired) electrons. The van der Waals surface area contributed by atoms with Gasteiger partial charge in [-0.25, -0.2) is 0 Å². The maximum atomic E-state index is 10.6. The Balaban J connectivity index is 2.01. The molecule has 0 saturated heterocycles. The summed E-state index contributed by atoms with van der Waals surface area (Å²) in [5.74, 6) is 0.838. The van der Waals surface area contributed by atoms with Gasteiger partial charge >= 0.3 is 0 Å². The van der Waals surface area contributed by atoms with Crippen LogP contribution in [0.15, 0.2) is 66.7 Å². The second-order valence-electron chi connectivity index (χ2n) is 5.61. The Labute approximate surface area is 129 Å². The van der Waals surface area contributed by atoms with E-state index in [9.17, 15) is 5.21 Å². The van der Waals surface area contributed by atoms with Crippen molar-refractivity contribution >= 4 is 10.8 Å². The van der Waals surface area contributed by atoms with Crippen LogP contribution in [0.3, 0.4) is 0 Å². The van der Waals surface area contributed by atoms with Gasteiger partial charge in [0.15, 0.2) is 6.23 Å². The van der Waals surface area contributed by atoms with E-state index in [-0.39, 0.29) is 12.3 Å². The van der Waals surface area contributed by atoms with Crippen LogP contribution in [0.1, 0.15) is 24.1 Å². The van der Waals surface area contributed by atoms with Crippen LogP contribution in [0.5, 0.6) is 5.75 Å². The van der Waals surface area contributed by atoms with E-state index < -0.39 is 0 Å². The SMILES string of the molecule is C[C@H]1Oc2ccc3ccccc3c2[C@@H](c2ccccc2)N1O. The monoisotopic (exact) mass is 291 g/mol. The number of nitrogens with zero attached hydrogens (tertiary/aromatic N) is 1. The van der Waals surface area contributed by atoms with Gasteiger partial charge < -0.3 is 9.94 Å². The fourth-order valence-electron chi connectivity index (χ4n) is 3.20. The number of fused-ring (bicyclic) bond motifs is 3. The van der Waals surface area contributed by atoms with Gasteiger partial charge in [0.05, 0.1) is 6.04 Å². The fourth-order valence-corrected chi connectivity index (χ4v) is 3.20. The van der Waals surface area contributed by atoms with Crippen LogP contribution >= 0.6 is 0 Å². The molecule has 4 rings (SSSR count). The molecule has 1 aliphatic heterocycles. The smallest absolute Gasteiger partial charge is 0.172 e. The number of hydrogen-bond donors (Lipinski definition) is 1. The summed E-state index contributed by atoms with van der Waals surface area (Å²) < 4.78 is 5.88. The maximum Gasteiger partial charge on any atom is 0.172 e. The Morgan fingerprint density at radius 1 is 0.909 bits per heavy atom. The molecule has 0 aromatic heterocycles. The highest BCUT2D eigenvalue weighted by Crippen LogP contribution is 2.43. The van der Waals surface area contributed by atoms with Gasteiger partial charge in [-0.2, -0.15) is 0 Å². The van der Waals surface area contributed by atoms with E-state index in [1.165, 1.54) is 5.06 Å². The predicted octanol–water partition coefficient (Wildman–Crippen LogP) is 4.36. The second kappa shape index (κ2) is 5.13. The van der Waals surface area contributed by atoms with Gasteiger partial charge in [0, 0.05) is 5.56 Å². The molecule has 3 heteroatoms. The number of hydroxylamine groups is 2. The van der Waals surface area contributed by atoms with Gasteiger partial charge in [-0.1, -0.05) is 60.7 Å². The van der Waals surface area contributed by atoms with Crippen LogP contribution in [0.4, 0.5) is 0 Å². The summed E-state index contributed by atoms with van der Waals surface area (Å²) in [5.41, 5.74) is 2.07. The van der Waals surface area contributed by atoms with Crippen LogP contribution in [-0.4, -0.2) is 16.5 Å². The van der Waals surface area contributed by atoms with Crippen LogP contribution < -0.4 is 4.74 Å². The average molecular weight is 291 g/mol. The highest BCUT2D eigenvalue weighted by Gasteiger charge is 2.35. The first kappa shape index (κ1) is 13.3. The van der Waals surface area contributed by atoms with Crippen molar-refractivity contribution in [2.24, 2.45) is 0 Å². The molecule has 0 aliphatic carbocycles. The molecular weight excluding hydrogens is 274 g/mol. The Bertz CT molecular complexity index is 816. The number of rotatable bonds is 1. The molecule has 3 nitrogen and oxygen atoms in total. The molecule has 0 fully saturated rings. The van der Waals surface area contributed by atoms with Crippen LogP contribution in [-0.2, 0) is 0 Å². The normalized spacial score (nSPS) is 21.4. The minimum atomic E-state index is -0.390. The van der Waals surface area contributed by atoms with Crippen molar-refractivity contribution < 1.29 is 9.94 Å². The molecule has 0 amide bonds. The van der Waals surface area contributed by atoms with Crippen LogP contribution in [0.25, 0.3) is 10.8 Å². The third-order valence-corrected chi connectivity index (χ3v) is 4.25. The Hall–Kier alpha value is -2.36. The highest BCUT2D eigenvalue weighted by atomic mass is 16.6. The molecule has 0 bridgehead atoms. The van der Waals surface area contributed by atoms with Gasteiger partial charge in [-0.05, 0) is 29.3 Å². The third kappa shape index (κ3) is 1.98. The fraction of sp³-hybridized carbons (Fsp3) is 0.158. The lowest BCUT2D eigenvalue weighted by atomic mass is 9.91. The summed E-state index contributed by atoms with van der Waals surface area (Å²) in [6.07, 6.45) is -0.390. The molecular formula is C19H17NO2. The summed E-state index contributed by atoms with van der Waals surface area (Å²) in [6.45, 7) is 1.86. The third-order valence-electron chi connectivity index (χ3n) is 4.25. The van der Waals surface area contributed by atoms with E-state index in [1.807, 2.05) is 55.5 Å². The summed E-state index contributed by atoms with van der Waals surface area (Å²) in [6, 6.07) is 22.1. The molecule has 0 saturated carbocycles. The van der Waals surface area contributed by atoms with E-state index in [0.717, 1.165) is 27.6 Å². The zero-order chi connectivity index (χ0) is 15.1. The standard InChI is InChI=1S/C19H17NO2/c1-13-20(21)19(15-8-3-2-4-9-15)18-16-10-6-5-7-14(16)11-12-17(18)22-13/h2-13,19,21H,1H3/t13-,19-/m1/s1. The van der Waals surface area contributed by atoms with Crippen molar-refractivity contribution in [1.82, 2.24) is 5.06 Å². The minimum absolute atomic E-state index is 0.231. The summed E-state index contributed by atoms with van der Waals surface area (Å²) >= 11 is 0. The topological polar surface area (TPSA) is 32.7 Å². The Kier molecular flexibility index (Phi) is 3.10. The number of ether oxygens (including phenoxy) is 1. The number of hydrogen-bond acceptors (Lipinski definition) is 3. The first-order chi connectivity index (χ1) is 10.8. The lowest BCUT2D eigenvalue weighted by molar-refractivity contribution is -0.209. The molecule has 22 heavy (non-hydrogen) atoms. The summed E-state index contributed by atoms with van der Waals surface area (Å²) in [7, 11) is 0. The second-order valence-corrected chi connectivity index (χ2v) is 5.61. The highest BCUT2D eigenvalue weighted by molar-refractivity contribution is 5.88. The molecule has 3 aromatic rings. The van der Waals surface area contributed by atoms with Crippen molar-refractivity contribution in [3.63, 3.8) is 0 Å². The van der Waals surface area contributed by atoms with Crippen LogP contribution in [0.2, 0.25) is 0 Å². The molecule has 1 N–H and O–H groups in total. The molecule has 0 unspecified atom stereocenters. The minimum Gasteiger partial charge on any atom is -0.473 e. The lowest BCUT2D eigenvalue weighted by Crippen LogP contribution is -2.42. The van der Waals surface area contributed by atoms with Gasteiger partial charge in [-0.15, -0.1) is 5.06 Å². The molecule has 110 valence electrons. The van der Waals surface area contributed by atoms with Crippen molar-refractivity contribution in [2.45, 2.75) is 19.2 Å². The lowest BCUT2D eigenvalue weighted by Gasteiger charge is -2.38. The first-order valence-electron chi connectivity index (χ1n) is 7.46. The zero-order valence-corrected chi connectivity index (χ0v) is 12.3. The van der Waals surface area contributed by atoms with Crippen molar-refractivity contribution in [2.75, 3.05) is 0 Å². The van der Waals surface area contributed by atoms with E-state index in [0.29, 0.717) is 0 Å². The first-order valence-corrected chi connectivity index (χ1v) is 7.46. The summed E-state index contributed by atoms with van der Waals surface area (Å²) in [5, 5.41) is 14.2. The molecule has 0 spiro atoms. The van der Waals surface area contributed by atoms with Crippen molar-refractivity contribution in [1.29, 1.82) is 0 Å². The van der Waals surface area contributed by atoms with Gasteiger partial charge in [0.1, 0.15) is 5.75 Å². The molecule has 1 heterocycles. The zero-order valence-electron chi connectivity index (χ0n) is 12.3. The van der Waals surface area contributed by atoms with E-state index in [1.54, 1.807) is 0 Å². The van der Waals surface area contributed by atoms with E-state index in [4.69, 9.17) is 4.74 Å². The van der Waals surface area contributed by atoms with Gasteiger partial charge in [0.25, 0.3) is 0 Å². The van der Waals surface area contributed by atoms with Crippen molar-refractivity contribution in [3.8, 4) is 5.75 Å². The summed E-state index contributed by atoms with van der Waals surface area (Å²) in [4.78, 5) is 0. The van der Waals surface area contributed by atoms with Crippen LogP contribution in [0, 0.1) is 0 Å². The maximum absolute atomic E-state index is 10.6. The predicted molar refractivity (Wildman–Crippen MR) is 85.9 cm³/mol. The van der Waals surface area contributed by atoms with E-state index >= 15 is 0 Å². The molecule has 1 aliphatic rings. The molecule has 3 aromatic carbocycles. The molecule has 2 atom stereocenters. The van der Waals surface area contributed by atoms with Gasteiger partial charge in [-0.3, -0.25) is 0 Å². The van der Waals surface area contributed by atoms with Gasteiger partial charge in [0.2, 0.25) is 0 Å². The van der Waals surface area contributed by atoms with E-state index in [2.05, 4.69) is 18.2 Å². The quantitative estimate of drug-likeness (QED) is 0.723.